The van der Waals surface area contributed by atoms with Gasteiger partial charge >= 0.3 is 0 Å². The Kier molecular flexibility index (Phi) is 4.99. The molecule has 1 aliphatic carbocycles. The molecule has 0 unspecified atom stereocenters. The number of hydrogen-bond acceptors (Lipinski definition) is 2. The number of nitrogens with zero attached hydrogens (tertiary/aromatic N) is 1. The number of para-hydroxylation sites is 2. The Morgan fingerprint density at radius 1 is 0.475 bits per heavy atom. The number of anilines is 3. The van der Waals surface area contributed by atoms with E-state index in [9.17, 15) is 0 Å². The van der Waals surface area contributed by atoms with Gasteiger partial charge in [-0.05, 0) is 89.3 Å². The molecule has 1 aliphatic rings. The molecular weight excluding hydrogens is 486 g/mol. The van der Waals surface area contributed by atoms with Gasteiger partial charge in [0.2, 0.25) is 0 Å². The highest BCUT2D eigenvalue weighted by Gasteiger charge is 2.40. The molecule has 1 aromatic heterocycles. The summed E-state index contributed by atoms with van der Waals surface area (Å²) in [5.74, 6) is 0. The van der Waals surface area contributed by atoms with Crippen LogP contribution in [0.4, 0.5) is 17.1 Å². The minimum atomic E-state index is -0.247. The van der Waals surface area contributed by atoms with E-state index in [1.165, 1.54) is 27.8 Å². The van der Waals surface area contributed by atoms with Crippen molar-refractivity contribution in [3.63, 3.8) is 0 Å². The van der Waals surface area contributed by atoms with Crippen molar-refractivity contribution in [2.24, 2.45) is 0 Å². The van der Waals surface area contributed by atoms with Crippen molar-refractivity contribution in [2.75, 3.05) is 4.90 Å². The van der Waals surface area contributed by atoms with Crippen molar-refractivity contribution in [3.8, 4) is 11.1 Å². The Morgan fingerprint density at radius 3 is 1.57 bits per heavy atom. The minimum Gasteiger partial charge on any atom is -0.456 e. The van der Waals surface area contributed by atoms with Crippen molar-refractivity contribution >= 4 is 39.0 Å². The lowest BCUT2D eigenvalue weighted by Gasteiger charge is -2.28. The van der Waals surface area contributed by atoms with E-state index >= 15 is 0 Å². The molecule has 0 N–H and O–H groups in total. The fourth-order valence-corrected chi connectivity index (χ4v) is 6.58. The third-order valence-corrected chi connectivity index (χ3v) is 8.54. The molecule has 0 bridgehead atoms. The molecule has 0 fully saturated rings. The van der Waals surface area contributed by atoms with Crippen LogP contribution in [-0.2, 0) is 5.41 Å². The maximum Gasteiger partial charge on any atom is 0.135 e. The molecule has 0 atom stereocenters. The molecule has 40 heavy (non-hydrogen) atoms. The lowest BCUT2D eigenvalue weighted by Crippen LogP contribution is -2.22. The SMILES string of the molecule is CC1(c2ccc3oc4ccc(N(c5ccccc5)c5ccccc5)cc4c3c2)c2ccccc2-c2ccccc21. The van der Waals surface area contributed by atoms with E-state index in [0.29, 0.717) is 0 Å². The normalized spacial score (nSPS) is 13.3. The number of benzene rings is 6. The molecule has 190 valence electrons. The minimum absolute atomic E-state index is 0.247. The van der Waals surface area contributed by atoms with Crippen LogP contribution in [0.1, 0.15) is 23.6 Å². The molecule has 0 aliphatic heterocycles. The van der Waals surface area contributed by atoms with Gasteiger partial charge in [0, 0.05) is 33.2 Å². The molecule has 0 spiro atoms. The second-order valence-corrected chi connectivity index (χ2v) is 10.7. The summed E-state index contributed by atoms with van der Waals surface area (Å²) in [6, 6.07) is 52.0. The van der Waals surface area contributed by atoms with Gasteiger partial charge in [0.15, 0.2) is 0 Å². The van der Waals surface area contributed by atoms with Crippen molar-refractivity contribution in [1.82, 2.24) is 0 Å². The van der Waals surface area contributed by atoms with Crippen LogP contribution in [0.25, 0.3) is 33.1 Å². The molecule has 0 saturated heterocycles. The van der Waals surface area contributed by atoms with Crippen LogP contribution in [0.5, 0.6) is 0 Å². The first kappa shape index (κ1) is 22.9. The summed E-state index contributed by atoms with van der Waals surface area (Å²) in [6.45, 7) is 2.36. The number of rotatable bonds is 4. The standard InChI is InChI=1S/C38H27NO/c1-38(34-18-10-8-16-30(34)31-17-9-11-19-35(31)38)26-20-22-36-32(24-26)33-25-29(21-23-37(33)40-36)39(27-12-4-2-5-13-27)28-14-6-3-7-15-28/h2-25H,1H3. The molecule has 2 nitrogen and oxygen atoms in total. The lowest BCUT2D eigenvalue weighted by atomic mass is 9.74. The number of furan rings is 1. The average Bonchev–Trinajstić information content (AvgIpc) is 3.51. The second kappa shape index (κ2) is 8.72. The summed E-state index contributed by atoms with van der Waals surface area (Å²) in [6.07, 6.45) is 0. The maximum absolute atomic E-state index is 6.37. The summed E-state index contributed by atoms with van der Waals surface area (Å²) >= 11 is 0. The first-order valence-corrected chi connectivity index (χ1v) is 13.8. The quantitative estimate of drug-likeness (QED) is 0.233. The smallest absolute Gasteiger partial charge is 0.135 e. The van der Waals surface area contributed by atoms with Gasteiger partial charge in [-0.15, -0.1) is 0 Å². The zero-order valence-corrected chi connectivity index (χ0v) is 22.2. The second-order valence-electron chi connectivity index (χ2n) is 10.7. The monoisotopic (exact) mass is 513 g/mol. The third kappa shape index (κ3) is 3.29. The molecule has 7 aromatic rings. The number of fused-ring (bicyclic) bond motifs is 6. The van der Waals surface area contributed by atoms with Gasteiger partial charge in [0.25, 0.3) is 0 Å². The molecular formula is C38H27NO. The zero-order chi connectivity index (χ0) is 26.7. The molecule has 6 aromatic carbocycles. The molecule has 0 saturated carbocycles. The van der Waals surface area contributed by atoms with Crippen LogP contribution in [0.15, 0.2) is 150 Å². The summed E-state index contributed by atoms with van der Waals surface area (Å²) in [7, 11) is 0. The third-order valence-electron chi connectivity index (χ3n) is 8.54. The summed E-state index contributed by atoms with van der Waals surface area (Å²) in [5.41, 5.74) is 11.5. The Bertz CT molecular complexity index is 1940. The fourth-order valence-electron chi connectivity index (χ4n) is 6.58. The first-order valence-electron chi connectivity index (χ1n) is 13.8. The average molecular weight is 514 g/mol. The zero-order valence-electron chi connectivity index (χ0n) is 22.2. The summed E-state index contributed by atoms with van der Waals surface area (Å²) in [5, 5.41) is 2.26. The summed E-state index contributed by atoms with van der Waals surface area (Å²) in [4.78, 5) is 2.30. The van der Waals surface area contributed by atoms with Crippen LogP contribution < -0.4 is 4.90 Å². The summed E-state index contributed by atoms with van der Waals surface area (Å²) < 4.78 is 6.37. The lowest BCUT2D eigenvalue weighted by molar-refractivity contribution is 0.667. The highest BCUT2D eigenvalue weighted by molar-refractivity contribution is 6.07. The van der Waals surface area contributed by atoms with Crippen molar-refractivity contribution in [1.29, 1.82) is 0 Å². The Balaban J connectivity index is 1.33. The molecule has 0 amide bonds. The fraction of sp³-hybridized carbons (Fsp3) is 0.0526. The van der Waals surface area contributed by atoms with Gasteiger partial charge in [0.05, 0.1) is 0 Å². The van der Waals surface area contributed by atoms with E-state index in [0.717, 1.165) is 39.0 Å². The molecule has 2 heteroatoms. The number of hydrogen-bond donors (Lipinski definition) is 0. The molecule has 1 heterocycles. The molecule has 8 rings (SSSR count). The van der Waals surface area contributed by atoms with E-state index in [-0.39, 0.29) is 5.41 Å². The van der Waals surface area contributed by atoms with Gasteiger partial charge < -0.3 is 9.32 Å². The maximum atomic E-state index is 6.37. The molecule has 0 radical (unpaired) electrons. The largest absolute Gasteiger partial charge is 0.456 e. The van der Waals surface area contributed by atoms with Crippen LogP contribution in [0.3, 0.4) is 0 Å². The van der Waals surface area contributed by atoms with Crippen LogP contribution in [-0.4, -0.2) is 0 Å². The topological polar surface area (TPSA) is 16.4 Å². The Labute approximate surface area is 233 Å². The van der Waals surface area contributed by atoms with Gasteiger partial charge in [-0.3, -0.25) is 0 Å². The van der Waals surface area contributed by atoms with Gasteiger partial charge in [-0.1, -0.05) is 91.0 Å². The van der Waals surface area contributed by atoms with E-state index in [4.69, 9.17) is 4.42 Å². The van der Waals surface area contributed by atoms with E-state index in [2.05, 4.69) is 157 Å². The highest BCUT2D eigenvalue weighted by atomic mass is 16.3. The first-order chi connectivity index (χ1) is 19.7. The van der Waals surface area contributed by atoms with Gasteiger partial charge in [-0.2, -0.15) is 0 Å². The van der Waals surface area contributed by atoms with Crippen molar-refractivity contribution in [2.45, 2.75) is 12.3 Å². The van der Waals surface area contributed by atoms with Crippen molar-refractivity contribution < 1.29 is 4.42 Å². The van der Waals surface area contributed by atoms with E-state index < -0.39 is 0 Å². The Morgan fingerprint density at radius 2 is 0.975 bits per heavy atom. The van der Waals surface area contributed by atoms with Crippen molar-refractivity contribution in [3.05, 3.63) is 162 Å². The Hall–Kier alpha value is -5.08. The predicted molar refractivity (Wildman–Crippen MR) is 166 cm³/mol. The highest BCUT2D eigenvalue weighted by Crippen LogP contribution is 2.52. The van der Waals surface area contributed by atoms with Crippen LogP contribution >= 0.6 is 0 Å². The van der Waals surface area contributed by atoms with Crippen LogP contribution in [0.2, 0.25) is 0 Å². The van der Waals surface area contributed by atoms with E-state index in [1.54, 1.807) is 0 Å². The predicted octanol–water partition coefficient (Wildman–Crippen LogP) is 10.4. The van der Waals surface area contributed by atoms with Crippen LogP contribution in [0, 0.1) is 0 Å². The van der Waals surface area contributed by atoms with Gasteiger partial charge in [0.1, 0.15) is 11.2 Å². The van der Waals surface area contributed by atoms with Gasteiger partial charge in [-0.25, -0.2) is 0 Å². The van der Waals surface area contributed by atoms with E-state index in [1.807, 2.05) is 0 Å².